The Labute approximate surface area is 223 Å². The molecule has 0 bridgehead atoms. The second-order valence-electron chi connectivity index (χ2n) is 10.3. The Morgan fingerprint density at radius 2 is 1.92 bits per heavy atom. The molecule has 0 aliphatic carbocycles. The van der Waals surface area contributed by atoms with Gasteiger partial charge in [-0.3, -0.25) is 14.4 Å². The van der Waals surface area contributed by atoms with Crippen molar-refractivity contribution in [2.75, 3.05) is 0 Å². The Kier molecular flexibility index (Phi) is 6.47. The van der Waals surface area contributed by atoms with E-state index in [-0.39, 0.29) is 25.3 Å². The van der Waals surface area contributed by atoms with Crippen LogP contribution in [0.3, 0.4) is 0 Å². The standard InChI is InChI=1S/C27H28N6O4S/c1-27(2,3)37-22(34)10-9-20(25(28)35)33-13-17-11-15(5-7-18(17)26(33)36)23-24(32(4)31-30-23)16-6-8-19-21(12-16)38-14-29-19/h5-8,11-12,14,20H,9-10,13H2,1-4H3,(H2,28,35). The maximum absolute atomic E-state index is 13.2. The highest BCUT2D eigenvalue weighted by Gasteiger charge is 2.36. The van der Waals surface area contributed by atoms with Crippen LogP contribution < -0.4 is 5.73 Å². The first-order chi connectivity index (χ1) is 18.0. The van der Waals surface area contributed by atoms with Crippen LogP contribution in [-0.2, 0) is 27.9 Å². The predicted octanol–water partition coefficient (Wildman–Crippen LogP) is 3.69. The summed E-state index contributed by atoms with van der Waals surface area (Å²) >= 11 is 1.57. The third-order valence-electron chi connectivity index (χ3n) is 6.39. The molecule has 0 spiro atoms. The van der Waals surface area contributed by atoms with Crippen molar-refractivity contribution in [1.29, 1.82) is 0 Å². The van der Waals surface area contributed by atoms with Crippen molar-refractivity contribution >= 4 is 39.3 Å². The van der Waals surface area contributed by atoms with Gasteiger partial charge in [-0.25, -0.2) is 9.67 Å². The van der Waals surface area contributed by atoms with Gasteiger partial charge in [0.05, 0.1) is 21.4 Å². The summed E-state index contributed by atoms with van der Waals surface area (Å²) in [4.78, 5) is 43.5. The number of hydrogen-bond acceptors (Lipinski definition) is 8. The maximum atomic E-state index is 13.2. The summed E-state index contributed by atoms with van der Waals surface area (Å²) in [5, 5.41) is 8.66. The maximum Gasteiger partial charge on any atom is 0.306 e. The molecule has 1 atom stereocenters. The van der Waals surface area contributed by atoms with Gasteiger partial charge in [0.1, 0.15) is 17.3 Å². The lowest BCUT2D eigenvalue weighted by Crippen LogP contribution is -2.45. The van der Waals surface area contributed by atoms with Crippen LogP contribution in [0.25, 0.3) is 32.7 Å². The van der Waals surface area contributed by atoms with Crippen molar-refractivity contribution in [2.45, 2.75) is 51.8 Å². The number of primary amides is 1. The van der Waals surface area contributed by atoms with Crippen molar-refractivity contribution in [2.24, 2.45) is 12.8 Å². The molecule has 38 heavy (non-hydrogen) atoms. The smallest absolute Gasteiger partial charge is 0.306 e. The molecule has 2 N–H and O–H groups in total. The number of hydrogen-bond donors (Lipinski definition) is 1. The minimum atomic E-state index is -0.927. The molecular weight excluding hydrogens is 504 g/mol. The van der Waals surface area contributed by atoms with Crippen LogP contribution in [-0.4, -0.2) is 54.3 Å². The molecule has 2 aromatic carbocycles. The average molecular weight is 533 g/mol. The number of thiazole rings is 1. The lowest BCUT2D eigenvalue weighted by Gasteiger charge is -2.25. The third-order valence-corrected chi connectivity index (χ3v) is 7.18. The first-order valence-corrected chi connectivity index (χ1v) is 13.1. The van der Waals surface area contributed by atoms with Gasteiger partial charge < -0.3 is 15.4 Å². The van der Waals surface area contributed by atoms with Crippen LogP contribution >= 0.6 is 11.3 Å². The molecule has 1 aliphatic rings. The number of esters is 1. The van der Waals surface area contributed by atoms with E-state index in [9.17, 15) is 14.4 Å². The van der Waals surface area contributed by atoms with Gasteiger partial charge in [-0.2, -0.15) is 0 Å². The molecule has 5 rings (SSSR count). The second-order valence-corrected chi connectivity index (χ2v) is 11.2. The fourth-order valence-electron chi connectivity index (χ4n) is 4.72. The largest absolute Gasteiger partial charge is 0.460 e. The number of nitrogens with two attached hydrogens (primary N) is 1. The number of rotatable bonds is 7. The van der Waals surface area contributed by atoms with Gasteiger partial charge in [-0.1, -0.05) is 17.3 Å². The zero-order chi connectivity index (χ0) is 27.2. The molecule has 0 radical (unpaired) electrons. The number of aryl methyl sites for hydroxylation is 1. The SMILES string of the molecule is Cn1nnc(-c2ccc3c(c2)CN(C(CCC(=O)OC(C)(C)C)C(N)=O)C3=O)c1-c1ccc2ncsc2c1. The van der Waals surface area contributed by atoms with E-state index in [1.54, 1.807) is 42.9 Å². The normalized spacial score (nSPS) is 14.1. The molecule has 10 nitrogen and oxygen atoms in total. The molecule has 0 saturated heterocycles. The van der Waals surface area contributed by atoms with Crippen molar-refractivity contribution in [3.8, 4) is 22.5 Å². The lowest BCUT2D eigenvalue weighted by atomic mass is 10.0. The minimum Gasteiger partial charge on any atom is -0.460 e. The van der Waals surface area contributed by atoms with E-state index in [0.717, 1.165) is 32.6 Å². The van der Waals surface area contributed by atoms with Gasteiger partial charge in [0.2, 0.25) is 5.91 Å². The van der Waals surface area contributed by atoms with Crippen molar-refractivity contribution < 1.29 is 19.1 Å². The Hall–Kier alpha value is -4.12. The van der Waals surface area contributed by atoms with Gasteiger partial charge in [0, 0.05) is 36.7 Å². The Bertz CT molecular complexity index is 1570. The third kappa shape index (κ3) is 4.89. The van der Waals surface area contributed by atoms with E-state index in [4.69, 9.17) is 10.5 Å². The highest BCUT2D eigenvalue weighted by molar-refractivity contribution is 7.16. The van der Waals surface area contributed by atoms with E-state index in [0.29, 0.717) is 11.3 Å². The number of nitrogens with zero attached hydrogens (tertiary/aromatic N) is 5. The molecule has 2 aromatic heterocycles. The number of aromatic nitrogens is 4. The van der Waals surface area contributed by atoms with Gasteiger partial charge in [0.25, 0.3) is 5.91 Å². The van der Waals surface area contributed by atoms with Gasteiger partial charge in [-0.05, 0) is 57.0 Å². The molecule has 4 aromatic rings. The van der Waals surface area contributed by atoms with E-state index in [2.05, 4.69) is 21.4 Å². The number of benzene rings is 2. The van der Waals surface area contributed by atoms with Crippen LogP contribution in [0.15, 0.2) is 41.9 Å². The molecule has 1 unspecified atom stereocenters. The Morgan fingerprint density at radius 1 is 1.16 bits per heavy atom. The summed E-state index contributed by atoms with van der Waals surface area (Å²) < 4.78 is 8.13. The molecule has 2 amide bonds. The summed E-state index contributed by atoms with van der Waals surface area (Å²) in [7, 11) is 1.84. The van der Waals surface area contributed by atoms with Gasteiger partial charge >= 0.3 is 5.97 Å². The Morgan fingerprint density at radius 3 is 2.66 bits per heavy atom. The number of ether oxygens (including phenoxy) is 1. The van der Waals surface area contributed by atoms with E-state index in [1.165, 1.54) is 4.90 Å². The fraction of sp³-hybridized carbons (Fsp3) is 0.333. The molecular formula is C27H28N6O4S. The molecule has 1 aliphatic heterocycles. The number of amides is 2. The fourth-order valence-corrected chi connectivity index (χ4v) is 5.43. The average Bonchev–Trinajstić information content (AvgIpc) is 3.54. The topological polar surface area (TPSA) is 133 Å². The monoisotopic (exact) mass is 532 g/mol. The number of carbonyl (C=O) groups is 3. The zero-order valence-corrected chi connectivity index (χ0v) is 22.4. The lowest BCUT2D eigenvalue weighted by molar-refractivity contribution is -0.155. The van der Waals surface area contributed by atoms with Crippen LogP contribution in [0.1, 0.15) is 49.5 Å². The molecule has 3 heterocycles. The molecule has 11 heteroatoms. The van der Waals surface area contributed by atoms with E-state index in [1.807, 2.05) is 36.8 Å². The first-order valence-electron chi connectivity index (χ1n) is 12.2. The van der Waals surface area contributed by atoms with E-state index >= 15 is 0 Å². The number of carbonyl (C=O) groups excluding carboxylic acids is 3. The van der Waals surface area contributed by atoms with Crippen LogP contribution in [0.5, 0.6) is 0 Å². The van der Waals surface area contributed by atoms with Crippen LogP contribution in [0.4, 0.5) is 0 Å². The first kappa shape index (κ1) is 25.5. The molecule has 0 fully saturated rings. The minimum absolute atomic E-state index is 0.0245. The summed E-state index contributed by atoms with van der Waals surface area (Å²) in [5.41, 5.74) is 12.3. The molecule has 196 valence electrons. The second kappa shape index (κ2) is 9.64. The summed E-state index contributed by atoms with van der Waals surface area (Å²) in [6.07, 6.45) is 0.0640. The van der Waals surface area contributed by atoms with E-state index < -0.39 is 23.5 Å². The summed E-state index contributed by atoms with van der Waals surface area (Å²) in [6.45, 7) is 5.52. The highest BCUT2D eigenvalue weighted by atomic mass is 32.1. The summed E-state index contributed by atoms with van der Waals surface area (Å²) in [5.74, 6) is -1.40. The van der Waals surface area contributed by atoms with Crippen molar-refractivity contribution in [3.05, 3.63) is 53.0 Å². The quantitative estimate of drug-likeness (QED) is 0.359. The van der Waals surface area contributed by atoms with Gasteiger partial charge in [0.15, 0.2) is 0 Å². The number of fused-ring (bicyclic) bond motifs is 2. The van der Waals surface area contributed by atoms with Crippen molar-refractivity contribution in [1.82, 2.24) is 24.9 Å². The van der Waals surface area contributed by atoms with Crippen LogP contribution in [0, 0.1) is 0 Å². The molecule has 0 saturated carbocycles. The van der Waals surface area contributed by atoms with Gasteiger partial charge in [-0.15, -0.1) is 16.4 Å². The zero-order valence-electron chi connectivity index (χ0n) is 21.6. The predicted molar refractivity (Wildman–Crippen MR) is 143 cm³/mol. The Balaban J connectivity index is 1.41. The summed E-state index contributed by atoms with van der Waals surface area (Å²) in [6, 6.07) is 10.6. The van der Waals surface area contributed by atoms with Crippen molar-refractivity contribution in [3.63, 3.8) is 0 Å². The highest BCUT2D eigenvalue weighted by Crippen LogP contribution is 2.35. The van der Waals surface area contributed by atoms with Crippen LogP contribution in [0.2, 0.25) is 0 Å².